The third kappa shape index (κ3) is 2.50. The highest BCUT2D eigenvalue weighted by atomic mass is 16.5. The van der Waals surface area contributed by atoms with Gasteiger partial charge in [0.05, 0.1) is 7.11 Å². The number of methoxy groups -OCH3 is 1. The zero-order valence-electron chi connectivity index (χ0n) is 10.4. The van der Waals surface area contributed by atoms with E-state index >= 15 is 0 Å². The molecule has 0 saturated carbocycles. The van der Waals surface area contributed by atoms with E-state index in [-0.39, 0.29) is 5.41 Å². The van der Waals surface area contributed by atoms with E-state index in [1.54, 1.807) is 13.2 Å². The summed E-state index contributed by atoms with van der Waals surface area (Å²) in [6.07, 6.45) is 1.56. The molecule has 0 atom stereocenters. The van der Waals surface area contributed by atoms with Gasteiger partial charge in [-0.05, 0) is 24.0 Å². The lowest BCUT2D eigenvalue weighted by atomic mass is 9.85. The van der Waals surface area contributed by atoms with Crippen LogP contribution in [0.5, 0.6) is 5.75 Å². The second-order valence-corrected chi connectivity index (χ2v) is 4.82. The van der Waals surface area contributed by atoms with Gasteiger partial charge in [-0.3, -0.25) is 0 Å². The van der Waals surface area contributed by atoms with Crippen LogP contribution in [-0.2, 0) is 10.2 Å². The van der Waals surface area contributed by atoms with Crippen LogP contribution in [0.4, 0.5) is 5.69 Å². The lowest BCUT2D eigenvalue weighted by molar-refractivity contribution is 0.398. The second kappa shape index (κ2) is 4.50. The van der Waals surface area contributed by atoms with E-state index in [4.69, 9.17) is 4.74 Å². The topological polar surface area (TPSA) is 38.7 Å². The SMILES string of the molecule is COc1c(N=C=O)cc(C)cc1C(C)(C)C. The number of hydrogen-bond donors (Lipinski definition) is 0. The van der Waals surface area contributed by atoms with Crippen molar-refractivity contribution in [2.45, 2.75) is 33.1 Å². The lowest BCUT2D eigenvalue weighted by Gasteiger charge is -2.23. The van der Waals surface area contributed by atoms with Gasteiger partial charge in [0.2, 0.25) is 6.08 Å². The Morgan fingerprint density at radius 1 is 1.31 bits per heavy atom. The fourth-order valence-electron chi connectivity index (χ4n) is 1.66. The minimum Gasteiger partial charge on any atom is -0.494 e. The Balaban J connectivity index is 3.54. The van der Waals surface area contributed by atoms with E-state index in [2.05, 4.69) is 31.8 Å². The fourth-order valence-corrected chi connectivity index (χ4v) is 1.66. The summed E-state index contributed by atoms with van der Waals surface area (Å²) in [4.78, 5) is 14.0. The molecule has 0 bridgehead atoms. The van der Waals surface area contributed by atoms with Crippen molar-refractivity contribution < 1.29 is 9.53 Å². The molecule has 0 spiro atoms. The monoisotopic (exact) mass is 219 g/mol. The van der Waals surface area contributed by atoms with E-state index in [1.165, 1.54) is 0 Å². The Morgan fingerprint density at radius 2 is 1.94 bits per heavy atom. The van der Waals surface area contributed by atoms with Gasteiger partial charge in [0, 0.05) is 5.56 Å². The average molecular weight is 219 g/mol. The van der Waals surface area contributed by atoms with Gasteiger partial charge in [-0.1, -0.05) is 26.8 Å². The number of ether oxygens (including phenoxy) is 1. The lowest BCUT2D eigenvalue weighted by Crippen LogP contribution is -2.13. The van der Waals surface area contributed by atoms with Crippen LogP contribution in [0.25, 0.3) is 0 Å². The van der Waals surface area contributed by atoms with Crippen molar-refractivity contribution in [1.29, 1.82) is 0 Å². The highest BCUT2D eigenvalue weighted by molar-refractivity contribution is 5.63. The molecule has 1 aromatic rings. The summed E-state index contributed by atoms with van der Waals surface area (Å²) in [6.45, 7) is 8.26. The molecule has 86 valence electrons. The van der Waals surface area contributed by atoms with E-state index in [1.807, 2.05) is 13.0 Å². The second-order valence-electron chi connectivity index (χ2n) is 4.82. The van der Waals surface area contributed by atoms with Crippen LogP contribution in [0.1, 0.15) is 31.9 Å². The molecule has 0 aromatic heterocycles. The zero-order valence-corrected chi connectivity index (χ0v) is 10.4. The van der Waals surface area contributed by atoms with Crippen LogP contribution >= 0.6 is 0 Å². The quantitative estimate of drug-likeness (QED) is 0.565. The molecule has 0 aliphatic heterocycles. The van der Waals surface area contributed by atoms with Gasteiger partial charge in [-0.25, -0.2) is 4.79 Å². The highest BCUT2D eigenvalue weighted by Gasteiger charge is 2.21. The molecule has 0 unspecified atom stereocenters. The first-order valence-corrected chi connectivity index (χ1v) is 5.17. The van der Waals surface area contributed by atoms with E-state index in [0.717, 1.165) is 11.1 Å². The van der Waals surface area contributed by atoms with E-state index in [0.29, 0.717) is 11.4 Å². The molecule has 0 saturated heterocycles. The highest BCUT2D eigenvalue weighted by Crippen LogP contribution is 2.39. The van der Waals surface area contributed by atoms with Crippen molar-refractivity contribution in [2.75, 3.05) is 7.11 Å². The third-order valence-corrected chi connectivity index (χ3v) is 2.39. The van der Waals surface area contributed by atoms with Crippen molar-refractivity contribution in [3.63, 3.8) is 0 Å². The molecule has 1 aromatic carbocycles. The minimum atomic E-state index is -0.0511. The number of aryl methyl sites for hydroxylation is 1. The maximum Gasteiger partial charge on any atom is 0.240 e. The average Bonchev–Trinajstić information content (AvgIpc) is 2.16. The van der Waals surface area contributed by atoms with Crippen LogP contribution in [0, 0.1) is 6.92 Å². The maximum atomic E-state index is 10.4. The predicted octanol–water partition coefficient (Wildman–Crippen LogP) is 3.27. The molecule has 0 aliphatic carbocycles. The maximum absolute atomic E-state index is 10.4. The standard InChI is InChI=1S/C13H17NO2/c1-9-6-10(13(2,3)4)12(16-5)11(7-9)14-8-15/h6-7H,1-5H3. The Morgan fingerprint density at radius 3 is 2.38 bits per heavy atom. The molecule has 0 heterocycles. The molecule has 0 aliphatic rings. The number of isocyanates is 1. The molecule has 3 nitrogen and oxygen atoms in total. The molecule has 3 heteroatoms. The first-order valence-electron chi connectivity index (χ1n) is 5.17. The third-order valence-electron chi connectivity index (χ3n) is 2.39. The van der Waals surface area contributed by atoms with Gasteiger partial charge in [-0.2, -0.15) is 4.99 Å². The first-order chi connectivity index (χ1) is 7.40. The molecule has 1 rings (SSSR count). The summed E-state index contributed by atoms with van der Waals surface area (Å²) in [7, 11) is 1.59. The minimum absolute atomic E-state index is 0.0511. The summed E-state index contributed by atoms with van der Waals surface area (Å²) in [5.41, 5.74) is 2.59. The van der Waals surface area contributed by atoms with Crippen molar-refractivity contribution >= 4 is 11.8 Å². The molecule has 0 radical (unpaired) electrons. The zero-order chi connectivity index (χ0) is 12.3. The Bertz CT molecular complexity index is 438. The smallest absolute Gasteiger partial charge is 0.240 e. The van der Waals surface area contributed by atoms with Crippen LogP contribution in [-0.4, -0.2) is 13.2 Å². The largest absolute Gasteiger partial charge is 0.494 e. The molecule has 0 fully saturated rings. The number of hydrogen-bond acceptors (Lipinski definition) is 3. The summed E-state index contributed by atoms with van der Waals surface area (Å²) >= 11 is 0. The van der Waals surface area contributed by atoms with Crippen LogP contribution in [0.3, 0.4) is 0 Å². The van der Waals surface area contributed by atoms with Crippen LogP contribution < -0.4 is 4.74 Å². The van der Waals surface area contributed by atoms with Crippen molar-refractivity contribution in [2.24, 2.45) is 4.99 Å². The number of aliphatic imine (C=N–C) groups is 1. The van der Waals surface area contributed by atoms with Crippen molar-refractivity contribution in [3.8, 4) is 5.75 Å². The van der Waals surface area contributed by atoms with E-state index < -0.39 is 0 Å². The molecular formula is C13H17NO2. The molecule has 0 N–H and O–H groups in total. The Kier molecular flexibility index (Phi) is 3.51. The number of benzene rings is 1. The van der Waals surface area contributed by atoms with Crippen LogP contribution in [0.15, 0.2) is 17.1 Å². The number of carbonyl (C=O) groups excluding carboxylic acids is 1. The summed E-state index contributed by atoms with van der Waals surface area (Å²) in [5, 5.41) is 0. The van der Waals surface area contributed by atoms with Gasteiger partial charge in [-0.15, -0.1) is 0 Å². The van der Waals surface area contributed by atoms with Gasteiger partial charge in [0.1, 0.15) is 11.4 Å². The fraction of sp³-hybridized carbons (Fsp3) is 0.462. The normalized spacial score (nSPS) is 10.8. The van der Waals surface area contributed by atoms with Gasteiger partial charge in [0.15, 0.2) is 0 Å². The first kappa shape index (κ1) is 12.5. The predicted molar refractivity (Wildman–Crippen MR) is 64.2 cm³/mol. The van der Waals surface area contributed by atoms with E-state index in [9.17, 15) is 4.79 Å². The summed E-state index contributed by atoms with van der Waals surface area (Å²) < 4.78 is 5.34. The summed E-state index contributed by atoms with van der Waals surface area (Å²) in [6, 6.07) is 3.88. The van der Waals surface area contributed by atoms with Gasteiger partial charge < -0.3 is 4.74 Å². The van der Waals surface area contributed by atoms with Crippen LogP contribution in [0.2, 0.25) is 0 Å². The Hall–Kier alpha value is -1.60. The summed E-state index contributed by atoms with van der Waals surface area (Å²) in [5.74, 6) is 0.654. The van der Waals surface area contributed by atoms with Crippen molar-refractivity contribution in [1.82, 2.24) is 0 Å². The molecular weight excluding hydrogens is 202 g/mol. The number of rotatable bonds is 2. The molecule has 16 heavy (non-hydrogen) atoms. The molecule has 0 amide bonds. The van der Waals surface area contributed by atoms with Crippen molar-refractivity contribution in [3.05, 3.63) is 23.3 Å². The van der Waals surface area contributed by atoms with Gasteiger partial charge >= 0.3 is 0 Å². The van der Waals surface area contributed by atoms with Gasteiger partial charge in [0.25, 0.3) is 0 Å². The Labute approximate surface area is 96.2 Å². The number of nitrogens with zero attached hydrogens (tertiary/aromatic N) is 1.